The minimum atomic E-state index is -0.296. The Bertz CT molecular complexity index is 3810. The van der Waals surface area contributed by atoms with Crippen LogP contribution in [0.15, 0.2) is 128 Å². The third kappa shape index (κ3) is 18.2. The number of rotatable bonds is 21. The molecule has 2 amide bonds. The van der Waals surface area contributed by atoms with Crippen LogP contribution in [-0.2, 0) is 14.4 Å². The van der Waals surface area contributed by atoms with E-state index in [0.29, 0.717) is 59.4 Å². The van der Waals surface area contributed by atoms with Crippen LogP contribution in [0.4, 0.5) is 11.4 Å². The fourth-order valence-corrected chi connectivity index (χ4v) is 17.2. The number of carbonyl (C=O) groups excluding carboxylic acids is 3. The van der Waals surface area contributed by atoms with Crippen LogP contribution in [0.25, 0.3) is 22.3 Å². The number of methoxy groups -OCH3 is 3. The Balaban J connectivity index is 0.000000154. The van der Waals surface area contributed by atoms with E-state index in [1.165, 1.54) is 59.1 Å². The number of benzene rings is 5. The van der Waals surface area contributed by atoms with E-state index >= 15 is 0 Å². The Morgan fingerprint density at radius 1 is 0.480 bits per heavy atom. The number of aliphatic hydroxyl groups excluding tert-OH is 2. The summed E-state index contributed by atoms with van der Waals surface area (Å²) in [5, 5.41) is 29.0. The Hall–Kier alpha value is -7.55. The van der Waals surface area contributed by atoms with Crippen molar-refractivity contribution in [3.8, 4) is 39.5 Å². The van der Waals surface area contributed by atoms with Crippen molar-refractivity contribution in [1.82, 2.24) is 19.6 Å². The van der Waals surface area contributed by atoms with Gasteiger partial charge in [-0.1, -0.05) is 60.7 Å². The zero-order valence-corrected chi connectivity index (χ0v) is 60.8. The summed E-state index contributed by atoms with van der Waals surface area (Å²) in [5.74, 6) is 7.13. The first kappa shape index (κ1) is 72.2. The number of hydrogen-bond acceptors (Lipinski definition) is 10. The van der Waals surface area contributed by atoms with Gasteiger partial charge in [0.2, 0.25) is 11.8 Å². The van der Waals surface area contributed by atoms with Crippen LogP contribution in [0.5, 0.6) is 17.2 Å². The topological polar surface area (TPSA) is 161 Å². The van der Waals surface area contributed by atoms with Crippen molar-refractivity contribution >= 4 is 29.5 Å². The highest BCUT2D eigenvalue weighted by atomic mass is 16.5. The number of nitrogens with zero attached hydrogens (tertiary/aromatic N) is 6. The van der Waals surface area contributed by atoms with Crippen molar-refractivity contribution in [1.29, 1.82) is 0 Å². The van der Waals surface area contributed by atoms with E-state index in [0.717, 1.165) is 199 Å². The van der Waals surface area contributed by atoms with Gasteiger partial charge < -0.3 is 39.0 Å². The van der Waals surface area contributed by atoms with Crippen LogP contribution in [-0.4, -0.2) is 95.0 Å². The number of anilines is 2. The molecule has 534 valence electrons. The molecule has 14 heteroatoms. The number of aromatic nitrogens is 4. The standard InChI is InChI=1S/C36H47N3O3.C35H45N3O3.C15H20O2/c1-24-19-31(15-18-35(24)42-3)28-9-7-26(8-10-28)22-38(36(41)29-13-11-27(12-14-29)25(2)40)34-6-4-5-30(20-34)32-21-37-39(23-32)33-16-17-33;1-24-18-30(14-17-34(24)41-2)27-10-6-25(7-11-27)21-37(35(40)28-12-8-26(23-39)9-13-28)33-5-3-4-29(19-33)31-20-36-38(22-31)32-15-16-32;1-11-9-14(7-8-15(11)17-2)13-5-3-12(10-16)4-6-13/h4-6,15,18-21,23,25-29,33,40H,7-14,16-17,22H2,1-3H3;3-5,14,17-20,22,25-28,32,39H,6-13,15-16,21,23H2,1-2H3;7-10,12-13H,3-6H2,1-2H3. The second-order valence-electron chi connectivity index (χ2n) is 31.0. The van der Waals surface area contributed by atoms with Crippen molar-refractivity contribution in [3.05, 3.63) is 161 Å². The van der Waals surface area contributed by atoms with Crippen LogP contribution < -0.4 is 24.0 Å². The van der Waals surface area contributed by atoms with E-state index < -0.39 is 0 Å². The Morgan fingerprint density at radius 2 is 0.850 bits per heavy atom. The molecule has 2 N–H and O–H groups in total. The number of aldehydes is 1. The van der Waals surface area contributed by atoms with Gasteiger partial charge in [0.1, 0.15) is 23.5 Å². The summed E-state index contributed by atoms with van der Waals surface area (Å²) in [6.45, 7) is 10.00. The summed E-state index contributed by atoms with van der Waals surface area (Å²) in [6, 6.07) is 37.8. The molecule has 7 fully saturated rings. The SMILES string of the molecule is COc1ccc(C2CCC(C=O)CC2)cc1C.COc1ccc(C2CCC(CN(C(=O)C3CCC(C(C)O)CC3)c3cccc(-c4cnn(C5CC5)c4)c3)CC2)cc1C.COc1ccc(C2CCC(CN(C(=O)C3CCC(CO)CC3)c3cccc(-c4cnn(C5CC5)c4)c3)CC2)cc1C. The molecule has 0 aliphatic heterocycles. The van der Waals surface area contributed by atoms with Crippen molar-refractivity contribution < 1.29 is 38.8 Å². The van der Waals surface area contributed by atoms with Gasteiger partial charge in [-0.15, -0.1) is 0 Å². The third-order valence-corrected chi connectivity index (χ3v) is 24.0. The first-order valence-corrected chi connectivity index (χ1v) is 38.3. The summed E-state index contributed by atoms with van der Waals surface area (Å²) in [4.78, 5) is 43.3. The molecule has 14 rings (SSSR count). The van der Waals surface area contributed by atoms with Gasteiger partial charge in [0, 0.05) is 72.3 Å². The Labute approximate surface area is 595 Å². The summed E-state index contributed by atoms with van der Waals surface area (Å²) < 4.78 is 20.4. The molecule has 5 aromatic carbocycles. The summed E-state index contributed by atoms with van der Waals surface area (Å²) >= 11 is 0. The molecule has 2 aromatic heterocycles. The first-order valence-electron chi connectivity index (χ1n) is 38.3. The van der Waals surface area contributed by atoms with E-state index in [4.69, 9.17) is 14.2 Å². The zero-order valence-electron chi connectivity index (χ0n) is 60.8. The van der Waals surface area contributed by atoms with Crippen molar-refractivity contribution in [2.45, 2.75) is 218 Å². The van der Waals surface area contributed by atoms with E-state index in [9.17, 15) is 24.6 Å². The molecule has 2 heterocycles. The smallest absolute Gasteiger partial charge is 0.230 e. The van der Waals surface area contributed by atoms with Crippen molar-refractivity contribution in [2.24, 2.45) is 41.4 Å². The maximum absolute atomic E-state index is 14.2. The van der Waals surface area contributed by atoms with Crippen LogP contribution in [0.3, 0.4) is 0 Å². The first-order chi connectivity index (χ1) is 48.6. The fraction of sp³-hybridized carbons (Fsp3) is 0.547. The summed E-state index contributed by atoms with van der Waals surface area (Å²) in [5.41, 5.74) is 14.3. The van der Waals surface area contributed by atoms with Crippen LogP contribution in [0.2, 0.25) is 0 Å². The van der Waals surface area contributed by atoms with Gasteiger partial charge in [0.15, 0.2) is 0 Å². The molecule has 1 unspecified atom stereocenters. The fourth-order valence-electron chi connectivity index (χ4n) is 17.2. The molecule has 100 heavy (non-hydrogen) atoms. The molecule has 0 spiro atoms. The van der Waals surface area contributed by atoms with Crippen molar-refractivity contribution in [2.75, 3.05) is 50.8 Å². The lowest BCUT2D eigenvalue weighted by molar-refractivity contribution is -0.124. The molecule has 1 atom stereocenters. The quantitative estimate of drug-likeness (QED) is 0.0663. The third-order valence-electron chi connectivity index (χ3n) is 24.0. The minimum Gasteiger partial charge on any atom is -0.496 e. The van der Waals surface area contributed by atoms with E-state index in [-0.39, 0.29) is 36.4 Å². The molecule has 7 aliphatic carbocycles. The molecule has 7 saturated carbocycles. The van der Waals surface area contributed by atoms with Gasteiger partial charge in [0.05, 0.1) is 51.9 Å². The largest absolute Gasteiger partial charge is 0.496 e. The Kier molecular flexibility index (Phi) is 24.5. The second kappa shape index (κ2) is 34.0. The molecule has 7 aliphatic rings. The van der Waals surface area contributed by atoms with E-state index in [1.54, 1.807) is 21.3 Å². The molecular formula is C86H112N6O8. The number of carbonyl (C=O) groups is 3. The predicted molar refractivity (Wildman–Crippen MR) is 400 cm³/mol. The maximum atomic E-state index is 14.2. The molecule has 0 bridgehead atoms. The van der Waals surface area contributed by atoms with Crippen LogP contribution >= 0.6 is 0 Å². The zero-order chi connectivity index (χ0) is 69.8. The van der Waals surface area contributed by atoms with Gasteiger partial charge in [-0.2, -0.15) is 10.2 Å². The number of amides is 2. The van der Waals surface area contributed by atoms with Crippen molar-refractivity contribution in [3.63, 3.8) is 0 Å². The number of ether oxygens (including phenoxy) is 3. The molecule has 14 nitrogen and oxygen atoms in total. The van der Waals surface area contributed by atoms with Gasteiger partial charge >= 0.3 is 0 Å². The van der Waals surface area contributed by atoms with E-state index in [2.05, 4.69) is 166 Å². The monoisotopic (exact) mass is 1360 g/mol. The number of aliphatic hydroxyl groups is 2. The maximum Gasteiger partial charge on any atom is 0.230 e. The van der Waals surface area contributed by atoms with Crippen LogP contribution in [0.1, 0.15) is 224 Å². The highest BCUT2D eigenvalue weighted by Gasteiger charge is 2.37. The molecule has 7 aromatic rings. The Morgan fingerprint density at radius 3 is 1.19 bits per heavy atom. The average Bonchev–Trinajstić information content (AvgIpc) is 1.35. The molecule has 0 saturated heterocycles. The normalized spacial score (nSPS) is 24.8. The lowest BCUT2D eigenvalue weighted by Crippen LogP contribution is -2.42. The van der Waals surface area contributed by atoms with Gasteiger partial charge in [-0.25, -0.2) is 0 Å². The number of aryl methyl sites for hydroxylation is 3. The lowest BCUT2D eigenvalue weighted by Gasteiger charge is -2.36. The second-order valence-corrected chi connectivity index (χ2v) is 31.0. The highest BCUT2D eigenvalue weighted by Crippen LogP contribution is 2.44. The predicted octanol–water partition coefficient (Wildman–Crippen LogP) is 18.5. The minimum absolute atomic E-state index is 0.0277. The molecule has 0 radical (unpaired) electrons. The summed E-state index contributed by atoms with van der Waals surface area (Å²) in [6.07, 6.45) is 34.6. The van der Waals surface area contributed by atoms with E-state index in [1.807, 2.05) is 19.3 Å². The highest BCUT2D eigenvalue weighted by molar-refractivity contribution is 5.96. The van der Waals surface area contributed by atoms with Gasteiger partial charge in [-0.3, -0.25) is 19.0 Å². The number of hydrogen-bond donors (Lipinski definition) is 2. The average molecular weight is 1360 g/mol. The van der Waals surface area contributed by atoms with Gasteiger partial charge in [0.25, 0.3) is 0 Å². The summed E-state index contributed by atoms with van der Waals surface area (Å²) in [7, 11) is 5.17. The van der Waals surface area contributed by atoms with Gasteiger partial charge in [-0.05, 0) is 310 Å². The molecular weight excluding hydrogens is 1240 g/mol. The van der Waals surface area contributed by atoms with Crippen LogP contribution in [0, 0.1) is 62.2 Å². The lowest BCUT2D eigenvalue weighted by atomic mass is 9.77.